The van der Waals surface area contributed by atoms with E-state index < -0.39 is 10.0 Å². The number of aromatic nitrogens is 2. The summed E-state index contributed by atoms with van der Waals surface area (Å²) in [5, 5.41) is 0.120. The summed E-state index contributed by atoms with van der Waals surface area (Å²) in [6.07, 6.45) is 2.46. The molecule has 0 atom stereocenters. The van der Waals surface area contributed by atoms with Crippen LogP contribution in [0.25, 0.3) is 0 Å². The fraction of sp³-hybridized carbons (Fsp3) is 0.182. The zero-order valence-electron chi connectivity index (χ0n) is 10.7. The number of benzene rings is 1. The summed E-state index contributed by atoms with van der Waals surface area (Å²) < 4.78 is 36.6. The third kappa shape index (κ3) is 2.81. The van der Waals surface area contributed by atoms with Gasteiger partial charge in [0.1, 0.15) is 0 Å². The summed E-state index contributed by atoms with van der Waals surface area (Å²) in [4.78, 5) is 6.17. The zero-order valence-corrected chi connectivity index (χ0v) is 12.2. The molecule has 0 saturated heterocycles. The first-order valence-electron chi connectivity index (χ1n) is 5.40. The average molecular weight is 318 g/mol. The second-order valence-electron chi connectivity index (χ2n) is 3.71. The molecule has 0 fully saturated rings. The van der Waals surface area contributed by atoms with Crippen LogP contribution < -0.4 is 14.2 Å². The van der Waals surface area contributed by atoms with Gasteiger partial charge in [-0.05, 0) is 0 Å². The summed E-state index contributed by atoms with van der Waals surface area (Å²) in [7, 11) is -0.882. The molecule has 2 N–H and O–H groups in total. The Hall–Kier alpha value is -1.93. The van der Waals surface area contributed by atoms with E-state index in [0.717, 1.165) is 0 Å². The highest BCUT2D eigenvalue weighted by molar-refractivity contribution is 7.92. The van der Waals surface area contributed by atoms with Crippen LogP contribution in [0.2, 0.25) is 5.02 Å². The number of hydrogen-bond donors (Lipinski definition) is 2. The highest BCUT2D eigenvalue weighted by Crippen LogP contribution is 2.36. The minimum atomic E-state index is -3.79. The Labute approximate surface area is 120 Å². The Morgan fingerprint density at radius 3 is 2.45 bits per heavy atom. The largest absolute Gasteiger partial charge is 0.493 e. The molecule has 0 saturated carbocycles. The first kappa shape index (κ1) is 14.5. The monoisotopic (exact) mass is 317 g/mol. The lowest BCUT2D eigenvalue weighted by Gasteiger charge is -2.13. The second-order valence-corrected chi connectivity index (χ2v) is 5.77. The lowest BCUT2D eigenvalue weighted by Crippen LogP contribution is -2.13. The first-order valence-corrected chi connectivity index (χ1v) is 7.26. The number of anilines is 1. The molecule has 2 aromatic rings. The van der Waals surface area contributed by atoms with Crippen LogP contribution in [0, 0.1) is 0 Å². The maximum atomic E-state index is 12.1. The van der Waals surface area contributed by atoms with Gasteiger partial charge in [0.05, 0.1) is 37.5 Å². The van der Waals surface area contributed by atoms with E-state index in [4.69, 9.17) is 21.1 Å². The standard InChI is InChI=1S/C11H12ClN3O4S/c1-18-9-3-7(12)8(4-10(9)19-2)15-20(16,17)11-5-13-6-14-11/h3-6,15H,1-2H3,(H,13,14). The molecule has 1 aromatic heterocycles. The smallest absolute Gasteiger partial charge is 0.279 e. The Balaban J connectivity index is 2.39. The maximum Gasteiger partial charge on any atom is 0.279 e. The molecule has 9 heteroatoms. The molecule has 0 aliphatic heterocycles. The van der Waals surface area contributed by atoms with Crippen molar-refractivity contribution in [2.24, 2.45) is 0 Å². The van der Waals surface area contributed by atoms with Gasteiger partial charge < -0.3 is 14.5 Å². The number of methoxy groups -OCH3 is 2. The summed E-state index contributed by atoms with van der Waals surface area (Å²) in [6, 6.07) is 2.90. The predicted molar refractivity (Wildman–Crippen MR) is 74.0 cm³/mol. The molecule has 0 spiro atoms. The summed E-state index contributed by atoms with van der Waals surface area (Å²) >= 11 is 6.02. The summed E-state index contributed by atoms with van der Waals surface area (Å²) in [5.41, 5.74) is 0.180. The first-order chi connectivity index (χ1) is 9.47. The third-order valence-electron chi connectivity index (χ3n) is 2.48. The van der Waals surface area contributed by atoms with Crippen molar-refractivity contribution in [2.75, 3.05) is 18.9 Å². The van der Waals surface area contributed by atoms with Gasteiger partial charge in [-0.2, -0.15) is 8.42 Å². The van der Waals surface area contributed by atoms with Gasteiger partial charge in [0.25, 0.3) is 10.0 Å². The van der Waals surface area contributed by atoms with Crippen molar-refractivity contribution < 1.29 is 17.9 Å². The third-order valence-corrected chi connectivity index (χ3v) is 4.08. The number of nitrogens with one attached hydrogen (secondary N) is 2. The summed E-state index contributed by atoms with van der Waals surface area (Å²) in [5.74, 6) is 0.765. The topological polar surface area (TPSA) is 93.3 Å². The van der Waals surface area contributed by atoms with E-state index in [9.17, 15) is 8.42 Å². The number of imidazole rings is 1. The minimum absolute atomic E-state index is 0.0663. The number of sulfonamides is 1. The van der Waals surface area contributed by atoms with Crippen molar-refractivity contribution in [2.45, 2.75) is 5.03 Å². The van der Waals surface area contributed by atoms with E-state index in [2.05, 4.69) is 14.7 Å². The van der Waals surface area contributed by atoms with Crippen LogP contribution in [0.5, 0.6) is 11.5 Å². The highest BCUT2D eigenvalue weighted by atomic mass is 35.5. The van der Waals surface area contributed by atoms with Crippen molar-refractivity contribution in [3.05, 3.63) is 29.7 Å². The Bertz CT molecular complexity index is 701. The highest BCUT2D eigenvalue weighted by Gasteiger charge is 2.19. The molecule has 20 heavy (non-hydrogen) atoms. The number of ether oxygens (including phenoxy) is 2. The van der Waals surface area contributed by atoms with E-state index in [1.807, 2.05) is 0 Å². The summed E-state index contributed by atoms with van der Waals surface area (Å²) in [6.45, 7) is 0. The number of H-pyrrole nitrogens is 1. The molecule has 0 unspecified atom stereocenters. The quantitative estimate of drug-likeness (QED) is 0.878. The van der Waals surface area contributed by atoms with Gasteiger partial charge in [0.15, 0.2) is 16.5 Å². The maximum absolute atomic E-state index is 12.1. The number of hydrogen-bond acceptors (Lipinski definition) is 5. The van der Waals surface area contributed by atoms with Crippen LogP contribution in [0.3, 0.4) is 0 Å². The van der Waals surface area contributed by atoms with Crippen molar-refractivity contribution in [3.8, 4) is 11.5 Å². The fourth-order valence-corrected chi connectivity index (χ4v) is 2.75. The molecule has 0 radical (unpaired) electrons. The lowest BCUT2D eigenvalue weighted by molar-refractivity contribution is 0.355. The van der Waals surface area contributed by atoms with Gasteiger partial charge in [-0.3, -0.25) is 4.72 Å². The van der Waals surface area contributed by atoms with E-state index in [1.165, 1.54) is 38.9 Å². The number of halogens is 1. The van der Waals surface area contributed by atoms with Crippen molar-refractivity contribution >= 4 is 27.3 Å². The molecule has 108 valence electrons. The van der Waals surface area contributed by atoms with Gasteiger partial charge >= 0.3 is 0 Å². The van der Waals surface area contributed by atoms with Gasteiger partial charge in [-0.25, -0.2) is 4.98 Å². The second kappa shape index (κ2) is 5.59. The number of rotatable bonds is 5. The van der Waals surface area contributed by atoms with Crippen molar-refractivity contribution in [1.82, 2.24) is 9.97 Å². The predicted octanol–water partition coefficient (Wildman–Crippen LogP) is 1.88. The molecule has 2 rings (SSSR count). The van der Waals surface area contributed by atoms with Crippen LogP contribution in [-0.2, 0) is 10.0 Å². The molecule has 1 aromatic carbocycles. The van der Waals surface area contributed by atoms with E-state index >= 15 is 0 Å². The van der Waals surface area contributed by atoms with Gasteiger partial charge in [-0.15, -0.1) is 0 Å². The molecular formula is C11H12ClN3O4S. The minimum Gasteiger partial charge on any atom is -0.493 e. The van der Waals surface area contributed by atoms with E-state index in [-0.39, 0.29) is 15.7 Å². The fourth-order valence-electron chi connectivity index (χ4n) is 1.52. The van der Waals surface area contributed by atoms with Gasteiger partial charge in [-0.1, -0.05) is 11.6 Å². The number of aromatic amines is 1. The molecule has 0 amide bonds. The average Bonchev–Trinajstić information content (AvgIpc) is 2.95. The molecule has 0 aliphatic rings. The molecule has 7 nitrogen and oxygen atoms in total. The Morgan fingerprint density at radius 1 is 1.25 bits per heavy atom. The van der Waals surface area contributed by atoms with E-state index in [1.54, 1.807) is 0 Å². The van der Waals surface area contributed by atoms with Crippen LogP contribution in [0.15, 0.2) is 29.7 Å². The SMILES string of the molecule is COc1cc(Cl)c(NS(=O)(=O)c2cnc[nH]2)cc1OC. The zero-order chi connectivity index (χ0) is 14.8. The van der Waals surface area contributed by atoms with Crippen molar-refractivity contribution in [1.29, 1.82) is 0 Å². The van der Waals surface area contributed by atoms with Crippen LogP contribution in [-0.4, -0.2) is 32.6 Å². The van der Waals surface area contributed by atoms with Crippen LogP contribution in [0.4, 0.5) is 5.69 Å². The van der Waals surface area contributed by atoms with Gasteiger partial charge in [0, 0.05) is 12.1 Å². The molecule has 0 aliphatic carbocycles. The van der Waals surface area contributed by atoms with Crippen LogP contribution >= 0.6 is 11.6 Å². The number of nitrogens with zero attached hydrogens (tertiary/aromatic N) is 1. The lowest BCUT2D eigenvalue weighted by atomic mass is 10.3. The Morgan fingerprint density at radius 2 is 1.90 bits per heavy atom. The molecule has 1 heterocycles. The Kier molecular flexibility index (Phi) is 4.05. The molecule has 0 bridgehead atoms. The van der Waals surface area contributed by atoms with Crippen molar-refractivity contribution in [3.63, 3.8) is 0 Å². The molecular weight excluding hydrogens is 306 g/mol. The van der Waals surface area contributed by atoms with Crippen LogP contribution in [0.1, 0.15) is 0 Å². The van der Waals surface area contributed by atoms with E-state index in [0.29, 0.717) is 11.5 Å². The van der Waals surface area contributed by atoms with Gasteiger partial charge in [0.2, 0.25) is 0 Å². The normalized spacial score (nSPS) is 11.2.